The summed E-state index contributed by atoms with van der Waals surface area (Å²) in [5.41, 5.74) is 0.217. The van der Waals surface area contributed by atoms with E-state index in [2.05, 4.69) is 0 Å². The summed E-state index contributed by atoms with van der Waals surface area (Å²) in [6.07, 6.45) is 4.52. The van der Waals surface area contributed by atoms with Crippen LogP contribution in [0.25, 0.3) is 0 Å². The lowest BCUT2D eigenvalue weighted by Crippen LogP contribution is -2.39. The van der Waals surface area contributed by atoms with Gasteiger partial charge in [-0.1, -0.05) is 0 Å². The number of hydrogen-bond acceptors (Lipinski definition) is 4. The van der Waals surface area contributed by atoms with Crippen LogP contribution in [-0.2, 0) is 14.3 Å². The predicted molar refractivity (Wildman–Crippen MR) is 63.4 cm³/mol. The zero-order valence-electron chi connectivity index (χ0n) is 10.6. The summed E-state index contributed by atoms with van der Waals surface area (Å²) in [6, 6.07) is 3.20. The van der Waals surface area contributed by atoms with E-state index in [-0.39, 0.29) is 30.5 Å². The average Bonchev–Trinajstić information content (AvgIpc) is 2.85. The second-order valence-corrected chi connectivity index (χ2v) is 4.44. The van der Waals surface area contributed by atoms with Crippen molar-refractivity contribution in [2.24, 2.45) is 0 Å². The van der Waals surface area contributed by atoms with Gasteiger partial charge in [-0.25, -0.2) is 4.79 Å². The normalized spacial score (nSPS) is 22.2. The molecule has 0 spiro atoms. The van der Waals surface area contributed by atoms with Gasteiger partial charge in [-0.05, 0) is 12.5 Å². The number of carbonyl (C=O) groups is 2. The molecule has 6 heteroatoms. The van der Waals surface area contributed by atoms with Gasteiger partial charge in [0.2, 0.25) is 0 Å². The third-order valence-corrected chi connectivity index (χ3v) is 2.96. The molecule has 0 aromatic carbocycles. The molecule has 1 aliphatic heterocycles. The summed E-state index contributed by atoms with van der Waals surface area (Å²) in [6.45, 7) is 1.60. The first-order valence-electron chi connectivity index (χ1n) is 6.09. The molecule has 0 amide bonds. The van der Waals surface area contributed by atoms with Gasteiger partial charge in [0.25, 0.3) is 6.23 Å². The Balaban J connectivity index is 1.98. The first-order chi connectivity index (χ1) is 9.06. The molecule has 6 nitrogen and oxygen atoms in total. The van der Waals surface area contributed by atoms with Gasteiger partial charge in [0.15, 0.2) is 12.4 Å². The largest absolute Gasteiger partial charge is 0.477 e. The lowest BCUT2D eigenvalue weighted by Gasteiger charge is -2.10. The Morgan fingerprint density at radius 2 is 2.32 bits per heavy atom. The van der Waals surface area contributed by atoms with Crippen molar-refractivity contribution < 1.29 is 28.7 Å². The maximum absolute atomic E-state index is 10.9. The summed E-state index contributed by atoms with van der Waals surface area (Å²) in [5, 5.41) is 8.94. The van der Waals surface area contributed by atoms with Crippen LogP contribution in [0.2, 0.25) is 0 Å². The third-order valence-electron chi connectivity index (χ3n) is 2.96. The van der Waals surface area contributed by atoms with Crippen LogP contribution in [-0.4, -0.2) is 29.8 Å². The quantitative estimate of drug-likeness (QED) is 0.647. The summed E-state index contributed by atoms with van der Waals surface area (Å²) < 4.78 is 12.4. The van der Waals surface area contributed by atoms with Crippen molar-refractivity contribution in [3.8, 4) is 0 Å². The monoisotopic (exact) mass is 266 g/mol. The molecule has 0 saturated carbocycles. The minimum absolute atomic E-state index is 0.130. The number of aromatic carboxylic acids is 1. The molecule has 1 aliphatic rings. The molecule has 0 aliphatic carbocycles. The van der Waals surface area contributed by atoms with Crippen molar-refractivity contribution in [3.05, 3.63) is 30.1 Å². The zero-order valence-corrected chi connectivity index (χ0v) is 10.6. The van der Waals surface area contributed by atoms with Gasteiger partial charge >= 0.3 is 11.9 Å². The Kier molecular flexibility index (Phi) is 4.11. The summed E-state index contributed by atoms with van der Waals surface area (Å²) in [5.74, 6) is -1.30. The number of hydrogen-bond donors (Lipinski definition) is 1. The molecule has 1 N–H and O–H groups in total. The van der Waals surface area contributed by atoms with E-state index in [1.165, 1.54) is 13.0 Å². The summed E-state index contributed by atoms with van der Waals surface area (Å²) in [7, 11) is 0. The van der Waals surface area contributed by atoms with Crippen molar-refractivity contribution >= 4 is 11.9 Å². The lowest BCUT2D eigenvalue weighted by molar-refractivity contribution is -0.759. The van der Waals surface area contributed by atoms with Crippen LogP contribution in [0.5, 0.6) is 0 Å². The summed E-state index contributed by atoms with van der Waals surface area (Å²) in [4.78, 5) is 21.6. The number of ether oxygens (including phenoxy) is 2. The van der Waals surface area contributed by atoms with Crippen molar-refractivity contribution in [2.45, 2.75) is 32.1 Å². The van der Waals surface area contributed by atoms with Crippen LogP contribution in [0.4, 0.5) is 0 Å². The van der Waals surface area contributed by atoms with E-state index in [4.69, 9.17) is 14.6 Å². The maximum atomic E-state index is 10.9. The minimum Gasteiger partial charge on any atom is -0.477 e. The second kappa shape index (κ2) is 5.79. The second-order valence-electron chi connectivity index (χ2n) is 4.44. The van der Waals surface area contributed by atoms with Gasteiger partial charge in [-0.15, -0.1) is 0 Å². The third kappa shape index (κ3) is 3.51. The number of carboxylic acids is 1. The molecule has 1 saturated heterocycles. The Bertz CT molecular complexity index is 488. The molecule has 2 heterocycles. The van der Waals surface area contributed by atoms with E-state index in [0.29, 0.717) is 0 Å². The molecule has 1 fully saturated rings. The van der Waals surface area contributed by atoms with E-state index >= 15 is 0 Å². The highest BCUT2D eigenvalue weighted by molar-refractivity contribution is 5.86. The fourth-order valence-corrected chi connectivity index (χ4v) is 2.04. The Labute approximate surface area is 110 Å². The Hall–Kier alpha value is -1.95. The van der Waals surface area contributed by atoms with Crippen molar-refractivity contribution in [1.29, 1.82) is 0 Å². The zero-order chi connectivity index (χ0) is 13.8. The average molecular weight is 266 g/mol. The number of pyridine rings is 1. The van der Waals surface area contributed by atoms with Crippen molar-refractivity contribution in [2.75, 3.05) is 6.61 Å². The Morgan fingerprint density at radius 1 is 1.53 bits per heavy atom. The molecular weight excluding hydrogens is 250 g/mol. The van der Waals surface area contributed by atoms with Crippen LogP contribution in [0.3, 0.4) is 0 Å². The van der Waals surface area contributed by atoms with E-state index < -0.39 is 5.97 Å². The van der Waals surface area contributed by atoms with E-state index in [1.807, 2.05) is 0 Å². The predicted octanol–water partition coefficient (Wildman–Crippen LogP) is 0.913. The van der Waals surface area contributed by atoms with Gasteiger partial charge in [-0.2, -0.15) is 4.57 Å². The number of rotatable bonds is 4. The molecule has 19 heavy (non-hydrogen) atoms. The number of aromatic nitrogens is 1. The highest BCUT2D eigenvalue weighted by Crippen LogP contribution is 2.24. The molecule has 1 aromatic rings. The number of carboxylic acid groups (broad SMARTS) is 1. The lowest BCUT2D eigenvalue weighted by atomic mass is 10.2. The van der Waals surface area contributed by atoms with Crippen LogP contribution in [0.1, 0.15) is 36.4 Å². The fourth-order valence-electron chi connectivity index (χ4n) is 2.04. The van der Waals surface area contributed by atoms with Gasteiger partial charge in [-0.3, -0.25) is 4.79 Å². The Morgan fingerprint density at radius 3 is 3.00 bits per heavy atom. The molecule has 0 bridgehead atoms. The SMILES string of the molecule is CC(=O)OC[C@@H]1CCC([n+]2cccc(C(=O)O)c2)O1. The van der Waals surface area contributed by atoms with E-state index in [1.54, 1.807) is 23.0 Å². The number of nitrogens with zero attached hydrogens (tertiary/aromatic N) is 1. The molecule has 102 valence electrons. The van der Waals surface area contributed by atoms with Crippen LogP contribution >= 0.6 is 0 Å². The van der Waals surface area contributed by atoms with Crippen molar-refractivity contribution in [1.82, 2.24) is 0 Å². The highest BCUT2D eigenvalue weighted by Gasteiger charge is 2.32. The van der Waals surface area contributed by atoms with E-state index in [9.17, 15) is 9.59 Å². The first-order valence-corrected chi connectivity index (χ1v) is 6.09. The maximum Gasteiger partial charge on any atom is 0.341 e. The molecular formula is C13H16NO5+. The summed E-state index contributed by atoms with van der Waals surface area (Å²) >= 11 is 0. The van der Waals surface area contributed by atoms with Gasteiger partial charge in [0.05, 0.1) is 6.10 Å². The van der Waals surface area contributed by atoms with Crippen LogP contribution < -0.4 is 4.57 Å². The fraction of sp³-hybridized carbons (Fsp3) is 0.462. The topological polar surface area (TPSA) is 76.7 Å². The van der Waals surface area contributed by atoms with Gasteiger partial charge in [0, 0.05) is 19.4 Å². The smallest absolute Gasteiger partial charge is 0.341 e. The molecule has 0 radical (unpaired) electrons. The van der Waals surface area contributed by atoms with Gasteiger partial charge < -0.3 is 14.6 Å². The highest BCUT2D eigenvalue weighted by atomic mass is 16.6. The van der Waals surface area contributed by atoms with E-state index in [0.717, 1.165) is 12.8 Å². The minimum atomic E-state index is -0.969. The van der Waals surface area contributed by atoms with Crippen LogP contribution in [0, 0.1) is 0 Å². The van der Waals surface area contributed by atoms with Crippen LogP contribution in [0.15, 0.2) is 24.5 Å². The standard InChI is InChI=1S/C13H15NO5/c1-9(15)18-8-11-4-5-12(19-11)14-6-2-3-10(7-14)13(16)17/h2-3,6-7,11-12H,4-5,8H2,1H3/p+1/t11-,12?/m0/s1. The molecule has 1 aromatic heterocycles. The molecule has 2 atom stereocenters. The van der Waals surface area contributed by atoms with Gasteiger partial charge in [0.1, 0.15) is 12.2 Å². The number of esters is 1. The number of carbonyl (C=O) groups excluding carboxylic acids is 1. The molecule has 1 unspecified atom stereocenters. The molecule has 2 rings (SSSR count). The first kappa shape index (κ1) is 13.5. The van der Waals surface area contributed by atoms with Crippen molar-refractivity contribution in [3.63, 3.8) is 0 Å².